The molecule has 0 atom stereocenters. The van der Waals surface area contributed by atoms with E-state index in [1.165, 1.54) is 5.57 Å². The molecule has 2 heterocycles. The van der Waals surface area contributed by atoms with Gasteiger partial charge in [-0.2, -0.15) is 0 Å². The van der Waals surface area contributed by atoms with Crippen molar-refractivity contribution >= 4 is 28.0 Å². The van der Waals surface area contributed by atoms with Crippen molar-refractivity contribution in [2.75, 3.05) is 0 Å². The van der Waals surface area contributed by atoms with Gasteiger partial charge in [-0.3, -0.25) is 0 Å². The molecule has 2 aromatic carbocycles. The third-order valence-electron chi connectivity index (χ3n) is 4.67. The van der Waals surface area contributed by atoms with E-state index >= 15 is 0 Å². The molecule has 128 valence electrons. The molecule has 0 fully saturated rings. The predicted octanol–water partition coefficient (Wildman–Crippen LogP) is 6.07. The quantitative estimate of drug-likeness (QED) is 0.445. The maximum Gasteiger partial charge on any atom is 0.138 e. The first-order chi connectivity index (χ1) is 12.6. The van der Waals surface area contributed by atoms with E-state index in [1.807, 2.05) is 25.3 Å². The molecule has 2 aromatic heterocycles. The zero-order chi connectivity index (χ0) is 18.1. The Kier molecular flexibility index (Phi) is 4.05. The van der Waals surface area contributed by atoms with Gasteiger partial charge in [0, 0.05) is 22.5 Å². The van der Waals surface area contributed by atoms with Crippen LogP contribution in [0.4, 0.5) is 0 Å². The normalized spacial score (nSPS) is 12.5. The largest absolute Gasteiger partial charge is 0.508 e. The second-order valence-electron chi connectivity index (χ2n) is 6.46. The summed E-state index contributed by atoms with van der Waals surface area (Å²) in [5.74, 6) is 0.277. The van der Waals surface area contributed by atoms with Crippen LogP contribution in [0.2, 0.25) is 0 Å². The Labute approximate surface area is 152 Å². The molecule has 26 heavy (non-hydrogen) atoms. The fourth-order valence-electron chi connectivity index (χ4n) is 3.04. The Morgan fingerprint density at radius 1 is 1.00 bits per heavy atom. The number of allylic oxidation sites excluding steroid dienone is 3. The first-order valence-electron chi connectivity index (χ1n) is 8.66. The van der Waals surface area contributed by atoms with Gasteiger partial charge in [0.05, 0.1) is 0 Å². The highest BCUT2D eigenvalue weighted by molar-refractivity contribution is 6.07. The van der Waals surface area contributed by atoms with Crippen molar-refractivity contribution in [2.24, 2.45) is 0 Å². The minimum atomic E-state index is 0.277. The first kappa shape index (κ1) is 16.2. The van der Waals surface area contributed by atoms with Gasteiger partial charge in [0.1, 0.15) is 11.4 Å². The fraction of sp³-hybridized carbons (Fsp3) is 0.0870. The van der Waals surface area contributed by atoms with Crippen LogP contribution in [0.1, 0.15) is 19.4 Å². The van der Waals surface area contributed by atoms with E-state index in [9.17, 15) is 5.11 Å². The lowest BCUT2D eigenvalue weighted by atomic mass is 10.0. The summed E-state index contributed by atoms with van der Waals surface area (Å²) in [4.78, 5) is 7.96. The Bertz CT molecular complexity index is 1150. The Morgan fingerprint density at radius 2 is 1.77 bits per heavy atom. The second-order valence-corrected chi connectivity index (χ2v) is 6.46. The number of fused-ring (bicyclic) bond motifs is 3. The maximum atomic E-state index is 9.50. The van der Waals surface area contributed by atoms with Gasteiger partial charge in [0.2, 0.25) is 0 Å². The highest BCUT2D eigenvalue weighted by Gasteiger charge is 2.08. The Morgan fingerprint density at radius 3 is 2.54 bits per heavy atom. The summed E-state index contributed by atoms with van der Waals surface area (Å²) in [6.07, 6.45) is 8.15. The van der Waals surface area contributed by atoms with Crippen LogP contribution >= 0.6 is 0 Å². The van der Waals surface area contributed by atoms with Crippen LogP contribution in [0.15, 0.2) is 72.5 Å². The van der Waals surface area contributed by atoms with Gasteiger partial charge in [-0.15, -0.1) is 0 Å². The topological polar surface area (TPSA) is 48.9 Å². The number of pyridine rings is 1. The van der Waals surface area contributed by atoms with Gasteiger partial charge >= 0.3 is 0 Å². The summed E-state index contributed by atoms with van der Waals surface area (Å²) in [5.41, 5.74) is 6.45. The SMILES string of the molecule is CC=C(C)C=Cc1cnc2[nH]c3ccc(-c4ccc(O)cc4)cc3c2c1. The number of aromatic nitrogens is 2. The number of hydrogen-bond donors (Lipinski definition) is 2. The zero-order valence-electron chi connectivity index (χ0n) is 14.8. The van der Waals surface area contributed by atoms with Gasteiger partial charge in [0.15, 0.2) is 0 Å². The molecule has 4 aromatic rings. The maximum absolute atomic E-state index is 9.50. The smallest absolute Gasteiger partial charge is 0.138 e. The molecule has 0 amide bonds. The lowest BCUT2D eigenvalue weighted by Crippen LogP contribution is -1.79. The van der Waals surface area contributed by atoms with Crippen molar-refractivity contribution in [1.82, 2.24) is 9.97 Å². The molecule has 0 unspecified atom stereocenters. The minimum Gasteiger partial charge on any atom is -0.508 e. The molecule has 0 spiro atoms. The fourth-order valence-corrected chi connectivity index (χ4v) is 3.04. The summed E-state index contributed by atoms with van der Waals surface area (Å²) in [5, 5.41) is 11.8. The molecular weight excluding hydrogens is 320 g/mol. The monoisotopic (exact) mass is 340 g/mol. The molecule has 3 nitrogen and oxygen atoms in total. The molecule has 4 rings (SSSR count). The summed E-state index contributed by atoms with van der Waals surface area (Å²) < 4.78 is 0. The van der Waals surface area contributed by atoms with Crippen LogP contribution in [-0.2, 0) is 0 Å². The van der Waals surface area contributed by atoms with E-state index in [2.05, 4.69) is 59.4 Å². The van der Waals surface area contributed by atoms with Crippen molar-refractivity contribution in [1.29, 1.82) is 0 Å². The molecular formula is C23H20N2O. The van der Waals surface area contributed by atoms with Crippen LogP contribution in [0.5, 0.6) is 5.75 Å². The predicted molar refractivity (Wildman–Crippen MR) is 109 cm³/mol. The lowest BCUT2D eigenvalue weighted by molar-refractivity contribution is 0.475. The average molecular weight is 340 g/mol. The van der Waals surface area contributed by atoms with Gasteiger partial charge in [0.25, 0.3) is 0 Å². The van der Waals surface area contributed by atoms with Crippen LogP contribution < -0.4 is 0 Å². The first-order valence-corrected chi connectivity index (χ1v) is 8.66. The van der Waals surface area contributed by atoms with E-state index < -0.39 is 0 Å². The van der Waals surface area contributed by atoms with Gasteiger partial charge in [-0.25, -0.2) is 4.98 Å². The Hall–Kier alpha value is -3.33. The van der Waals surface area contributed by atoms with E-state index in [-0.39, 0.29) is 5.75 Å². The summed E-state index contributed by atoms with van der Waals surface area (Å²) in [7, 11) is 0. The average Bonchev–Trinajstić information content (AvgIpc) is 3.03. The van der Waals surface area contributed by atoms with Gasteiger partial charge < -0.3 is 10.1 Å². The number of benzene rings is 2. The van der Waals surface area contributed by atoms with Gasteiger partial charge in [-0.1, -0.05) is 42.0 Å². The van der Waals surface area contributed by atoms with Crippen LogP contribution in [-0.4, -0.2) is 15.1 Å². The summed E-state index contributed by atoms with van der Waals surface area (Å²) >= 11 is 0. The molecule has 3 heteroatoms. The standard InChI is InChI=1S/C23H20N2O/c1-3-15(2)4-5-16-12-21-20-13-18(17-6-9-19(26)10-7-17)8-11-22(20)25-23(21)24-14-16/h3-14,26H,1-2H3,(H,24,25). The zero-order valence-corrected chi connectivity index (χ0v) is 14.8. The molecule has 0 radical (unpaired) electrons. The highest BCUT2D eigenvalue weighted by Crippen LogP contribution is 2.30. The van der Waals surface area contributed by atoms with Crippen molar-refractivity contribution in [3.8, 4) is 16.9 Å². The molecule has 0 aliphatic rings. The van der Waals surface area contributed by atoms with Crippen molar-refractivity contribution in [3.05, 3.63) is 78.0 Å². The van der Waals surface area contributed by atoms with E-state index in [4.69, 9.17) is 0 Å². The van der Waals surface area contributed by atoms with Crippen LogP contribution in [0.3, 0.4) is 0 Å². The third kappa shape index (κ3) is 3.00. The number of phenolic OH excluding ortho intramolecular Hbond substituents is 1. The number of nitrogens with one attached hydrogen (secondary N) is 1. The number of rotatable bonds is 3. The third-order valence-corrected chi connectivity index (χ3v) is 4.67. The number of H-pyrrole nitrogens is 1. The van der Waals surface area contributed by atoms with Gasteiger partial charge in [-0.05, 0) is 60.9 Å². The molecule has 0 bridgehead atoms. The van der Waals surface area contributed by atoms with Crippen molar-refractivity contribution in [3.63, 3.8) is 0 Å². The number of nitrogens with zero attached hydrogens (tertiary/aromatic N) is 1. The highest BCUT2D eigenvalue weighted by atomic mass is 16.3. The molecule has 0 saturated carbocycles. The summed E-state index contributed by atoms with van der Waals surface area (Å²) in [6.45, 7) is 4.11. The van der Waals surface area contributed by atoms with Crippen molar-refractivity contribution in [2.45, 2.75) is 13.8 Å². The number of aromatic amines is 1. The second kappa shape index (κ2) is 6.52. The Balaban J connectivity index is 1.84. The lowest BCUT2D eigenvalue weighted by Gasteiger charge is -2.02. The van der Waals surface area contributed by atoms with E-state index in [1.54, 1.807) is 12.1 Å². The number of aromatic hydroxyl groups is 1. The molecule has 2 N–H and O–H groups in total. The van der Waals surface area contributed by atoms with E-state index in [0.717, 1.165) is 38.6 Å². The van der Waals surface area contributed by atoms with E-state index in [0.29, 0.717) is 0 Å². The van der Waals surface area contributed by atoms with Crippen LogP contribution in [0.25, 0.3) is 39.1 Å². The number of phenols is 1. The molecule has 0 aliphatic carbocycles. The van der Waals surface area contributed by atoms with Crippen molar-refractivity contribution < 1.29 is 5.11 Å². The number of hydrogen-bond acceptors (Lipinski definition) is 2. The molecule has 0 aliphatic heterocycles. The molecule has 0 saturated heterocycles. The summed E-state index contributed by atoms with van der Waals surface area (Å²) in [6, 6.07) is 15.8. The van der Waals surface area contributed by atoms with Crippen LogP contribution in [0, 0.1) is 0 Å². The minimum absolute atomic E-state index is 0.277.